The summed E-state index contributed by atoms with van der Waals surface area (Å²) in [5.41, 5.74) is 11.9. The number of amides is 4. The smallest absolute Gasteiger partial charge is 0.326 e. The molecule has 36 heavy (non-hydrogen) atoms. The lowest BCUT2D eigenvalue weighted by molar-refractivity contribution is -0.143. The first-order valence-electron chi connectivity index (χ1n) is 12.0. The van der Waals surface area contributed by atoms with Gasteiger partial charge in [-0.25, -0.2) is 4.79 Å². The highest BCUT2D eigenvalue weighted by atomic mass is 16.4. The molecule has 0 saturated heterocycles. The quantitative estimate of drug-likeness (QED) is 0.194. The first kappa shape index (κ1) is 30.6. The molecule has 1 aromatic rings. The van der Waals surface area contributed by atoms with Crippen molar-refractivity contribution in [2.45, 2.75) is 77.5 Å². The summed E-state index contributed by atoms with van der Waals surface area (Å²) in [5.74, 6) is -4.07. The van der Waals surface area contributed by atoms with Crippen LogP contribution in [0.25, 0.3) is 0 Å². The van der Waals surface area contributed by atoms with Crippen molar-refractivity contribution >= 4 is 29.6 Å². The van der Waals surface area contributed by atoms with E-state index in [-0.39, 0.29) is 25.2 Å². The zero-order chi connectivity index (χ0) is 27.4. The summed E-state index contributed by atoms with van der Waals surface area (Å²) >= 11 is 0. The normalized spacial score (nSPS) is 14.4. The van der Waals surface area contributed by atoms with Gasteiger partial charge in [-0.2, -0.15) is 0 Å². The largest absolute Gasteiger partial charge is 0.480 e. The molecule has 1 aromatic carbocycles. The minimum absolute atomic E-state index is 0.162. The fourth-order valence-corrected chi connectivity index (χ4v) is 3.55. The Kier molecular flexibility index (Phi) is 12.6. The lowest BCUT2D eigenvalue weighted by atomic mass is 9.99. The molecule has 0 aliphatic heterocycles. The number of nitrogens with one attached hydrogen (secondary N) is 3. The molecule has 11 nitrogen and oxygen atoms in total. The summed E-state index contributed by atoms with van der Waals surface area (Å²) in [6.45, 7) is 7.24. The van der Waals surface area contributed by atoms with Crippen LogP contribution in [0, 0.1) is 11.8 Å². The van der Waals surface area contributed by atoms with Crippen LogP contribution in [0.5, 0.6) is 0 Å². The fourth-order valence-electron chi connectivity index (χ4n) is 3.55. The number of carboxylic acid groups (broad SMARTS) is 1. The third-order valence-electron chi connectivity index (χ3n) is 5.52. The molecule has 0 heterocycles. The van der Waals surface area contributed by atoms with Gasteiger partial charge in [-0.15, -0.1) is 0 Å². The van der Waals surface area contributed by atoms with E-state index in [4.69, 9.17) is 11.5 Å². The number of carbonyl (C=O) groups excluding carboxylic acids is 4. The highest BCUT2D eigenvalue weighted by molar-refractivity contribution is 5.94. The lowest BCUT2D eigenvalue weighted by Gasteiger charge is -2.27. The number of hydrogen-bond acceptors (Lipinski definition) is 6. The first-order valence-corrected chi connectivity index (χ1v) is 12.0. The third kappa shape index (κ3) is 10.9. The van der Waals surface area contributed by atoms with E-state index >= 15 is 0 Å². The fraction of sp³-hybridized carbons (Fsp3) is 0.560. The van der Waals surface area contributed by atoms with E-state index in [0.717, 1.165) is 5.56 Å². The molecular formula is C25H39N5O6. The maximum absolute atomic E-state index is 13.3. The topological polar surface area (TPSA) is 194 Å². The van der Waals surface area contributed by atoms with Gasteiger partial charge in [0.2, 0.25) is 23.6 Å². The average molecular weight is 506 g/mol. The van der Waals surface area contributed by atoms with E-state index in [9.17, 15) is 29.1 Å². The van der Waals surface area contributed by atoms with Gasteiger partial charge >= 0.3 is 5.97 Å². The second kappa shape index (κ2) is 14.8. The van der Waals surface area contributed by atoms with Gasteiger partial charge in [0.1, 0.15) is 18.1 Å². The summed E-state index contributed by atoms with van der Waals surface area (Å²) in [5, 5.41) is 17.1. The SMILES string of the molecule is CC(C)CC(N)C(=O)NC(Cc1ccccc1)C(=O)NC(C(=O)NC(CCC(N)=O)C(=O)O)C(C)C. The number of nitrogens with two attached hydrogens (primary N) is 2. The third-order valence-corrected chi connectivity index (χ3v) is 5.52. The molecule has 0 radical (unpaired) electrons. The van der Waals surface area contributed by atoms with Gasteiger partial charge in [0.25, 0.3) is 0 Å². The molecular weight excluding hydrogens is 466 g/mol. The zero-order valence-electron chi connectivity index (χ0n) is 21.3. The summed E-state index contributed by atoms with van der Waals surface area (Å²) in [4.78, 5) is 61.4. The Hall–Kier alpha value is -3.47. The van der Waals surface area contributed by atoms with Gasteiger partial charge in [-0.1, -0.05) is 58.0 Å². The molecule has 0 aliphatic rings. The molecule has 4 unspecified atom stereocenters. The number of hydrogen-bond donors (Lipinski definition) is 6. The highest BCUT2D eigenvalue weighted by Gasteiger charge is 2.32. The first-order chi connectivity index (χ1) is 16.8. The highest BCUT2D eigenvalue weighted by Crippen LogP contribution is 2.09. The number of primary amides is 1. The second-order valence-corrected chi connectivity index (χ2v) is 9.62. The van der Waals surface area contributed by atoms with Crippen LogP contribution < -0.4 is 27.4 Å². The van der Waals surface area contributed by atoms with E-state index < -0.39 is 59.7 Å². The van der Waals surface area contributed by atoms with Crippen molar-refractivity contribution in [1.82, 2.24) is 16.0 Å². The molecule has 4 amide bonds. The predicted octanol–water partition coefficient (Wildman–Crippen LogP) is 0.0630. The molecule has 0 saturated carbocycles. The Balaban J connectivity index is 3.05. The number of aliphatic carboxylic acids is 1. The van der Waals surface area contributed by atoms with Gasteiger partial charge in [-0.05, 0) is 30.2 Å². The monoisotopic (exact) mass is 505 g/mol. The van der Waals surface area contributed by atoms with Gasteiger partial charge in [0.15, 0.2) is 0 Å². The van der Waals surface area contributed by atoms with Crippen molar-refractivity contribution in [3.63, 3.8) is 0 Å². The van der Waals surface area contributed by atoms with Crippen LogP contribution >= 0.6 is 0 Å². The Bertz CT molecular complexity index is 905. The number of carbonyl (C=O) groups is 5. The van der Waals surface area contributed by atoms with Crippen LogP contribution in [0.1, 0.15) is 52.5 Å². The molecule has 200 valence electrons. The van der Waals surface area contributed by atoms with Crippen molar-refractivity contribution < 1.29 is 29.1 Å². The van der Waals surface area contributed by atoms with Crippen LogP contribution in [0.15, 0.2) is 30.3 Å². The summed E-state index contributed by atoms with van der Waals surface area (Å²) < 4.78 is 0. The van der Waals surface area contributed by atoms with E-state index in [1.165, 1.54) is 0 Å². The molecule has 0 aliphatic carbocycles. The minimum Gasteiger partial charge on any atom is -0.480 e. The van der Waals surface area contributed by atoms with Crippen LogP contribution in [-0.4, -0.2) is 58.9 Å². The predicted molar refractivity (Wildman–Crippen MR) is 134 cm³/mol. The standard InChI is InChI=1S/C25H39N5O6/c1-14(2)12-17(26)22(32)29-19(13-16-8-6-5-7-9-16)23(33)30-21(15(3)4)24(34)28-18(25(35)36)10-11-20(27)31/h5-9,14-15,17-19,21H,10-13,26H2,1-4H3,(H2,27,31)(H,28,34)(H,29,32)(H,30,33)(H,35,36). The van der Waals surface area contributed by atoms with Crippen LogP contribution in [0.3, 0.4) is 0 Å². The van der Waals surface area contributed by atoms with E-state index in [2.05, 4.69) is 16.0 Å². The number of carboxylic acids is 1. The number of rotatable bonds is 15. The summed E-state index contributed by atoms with van der Waals surface area (Å²) in [6, 6.07) is 4.79. The van der Waals surface area contributed by atoms with E-state index in [0.29, 0.717) is 6.42 Å². The second-order valence-electron chi connectivity index (χ2n) is 9.62. The Morgan fingerprint density at radius 3 is 1.94 bits per heavy atom. The van der Waals surface area contributed by atoms with Gasteiger partial charge in [0, 0.05) is 12.8 Å². The Labute approximate surface area is 211 Å². The van der Waals surface area contributed by atoms with E-state index in [1.807, 2.05) is 32.0 Å². The van der Waals surface area contributed by atoms with Crippen molar-refractivity contribution in [3.8, 4) is 0 Å². The maximum Gasteiger partial charge on any atom is 0.326 e. The minimum atomic E-state index is -1.35. The molecule has 11 heteroatoms. The zero-order valence-corrected chi connectivity index (χ0v) is 21.3. The van der Waals surface area contributed by atoms with Gasteiger partial charge in [0.05, 0.1) is 6.04 Å². The van der Waals surface area contributed by atoms with Crippen molar-refractivity contribution in [2.24, 2.45) is 23.3 Å². The molecule has 4 atom stereocenters. The van der Waals surface area contributed by atoms with Crippen LogP contribution in [0.4, 0.5) is 0 Å². The van der Waals surface area contributed by atoms with Crippen LogP contribution in [-0.2, 0) is 30.4 Å². The van der Waals surface area contributed by atoms with Crippen molar-refractivity contribution in [3.05, 3.63) is 35.9 Å². The molecule has 8 N–H and O–H groups in total. The maximum atomic E-state index is 13.3. The van der Waals surface area contributed by atoms with E-state index in [1.54, 1.807) is 26.0 Å². The average Bonchev–Trinajstić information content (AvgIpc) is 2.78. The molecule has 0 fully saturated rings. The van der Waals surface area contributed by atoms with Gasteiger partial charge in [-0.3, -0.25) is 19.2 Å². The summed E-state index contributed by atoms with van der Waals surface area (Å²) in [6.07, 6.45) is 0.188. The van der Waals surface area contributed by atoms with Crippen molar-refractivity contribution in [2.75, 3.05) is 0 Å². The van der Waals surface area contributed by atoms with Gasteiger partial charge < -0.3 is 32.5 Å². The summed E-state index contributed by atoms with van der Waals surface area (Å²) in [7, 11) is 0. The van der Waals surface area contributed by atoms with Crippen LogP contribution in [0.2, 0.25) is 0 Å². The molecule has 0 spiro atoms. The molecule has 0 aromatic heterocycles. The Morgan fingerprint density at radius 1 is 0.861 bits per heavy atom. The Morgan fingerprint density at radius 2 is 1.44 bits per heavy atom. The molecule has 0 bridgehead atoms. The number of benzene rings is 1. The van der Waals surface area contributed by atoms with Crippen molar-refractivity contribution in [1.29, 1.82) is 0 Å². The molecule has 1 rings (SSSR count). The lowest BCUT2D eigenvalue weighted by Crippen LogP contribution is -2.59.